The first-order chi connectivity index (χ1) is 13.7. The number of aromatic nitrogens is 1. The van der Waals surface area contributed by atoms with Gasteiger partial charge in [0.2, 0.25) is 0 Å². The van der Waals surface area contributed by atoms with Gasteiger partial charge in [0.05, 0.1) is 11.7 Å². The average Bonchev–Trinajstić information content (AvgIpc) is 3.22. The highest BCUT2D eigenvalue weighted by atomic mass is 16.4. The number of anilines is 1. The second kappa shape index (κ2) is 10.9. The maximum absolute atomic E-state index is 11.5. The van der Waals surface area contributed by atoms with Crippen LogP contribution in [0, 0.1) is 0 Å². The lowest BCUT2D eigenvalue weighted by atomic mass is 9.89. The minimum atomic E-state index is -1.26. The molecule has 1 saturated heterocycles. The molecule has 10 nitrogen and oxygen atoms in total. The minimum absolute atomic E-state index is 0. The van der Waals surface area contributed by atoms with E-state index in [1.165, 1.54) is 10.9 Å². The zero-order chi connectivity index (χ0) is 21.6. The molecular formula is C20H28N4O6. The second-order valence-electron chi connectivity index (χ2n) is 6.77. The molecule has 3 unspecified atom stereocenters. The van der Waals surface area contributed by atoms with Crippen molar-refractivity contribution in [1.29, 1.82) is 0 Å². The van der Waals surface area contributed by atoms with E-state index in [1.807, 2.05) is 13.1 Å². The molecule has 8 N–H and O–H groups in total. The van der Waals surface area contributed by atoms with Gasteiger partial charge < -0.3 is 36.6 Å². The van der Waals surface area contributed by atoms with Crippen molar-refractivity contribution in [2.75, 3.05) is 11.9 Å². The molecule has 3 atom stereocenters. The number of amides is 2. The van der Waals surface area contributed by atoms with Crippen molar-refractivity contribution in [2.24, 2.45) is 0 Å². The highest BCUT2D eigenvalue weighted by Crippen LogP contribution is 2.30. The van der Waals surface area contributed by atoms with Crippen LogP contribution in [0.25, 0.3) is 10.9 Å². The summed E-state index contributed by atoms with van der Waals surface area (Å²) in [5.74, 6) is -2.26. The maximum Gasteiger partial charge on any atom is 0.328 e. The van der Waals surface area contributed by atoms with Gasteiger partial charge >= 0.3 is 18.0 Å². The number of hydrogen-bond donors (Lipinski definition) is 6. The fourth-order valence-electron chi connectivity index (χ4n) is 3.28. The summed E-state index contributed by atoms with van der Waals surface area (Å²) in [5, 5.41) is 26.1. The third kappa shape index (κ3) is 6.24. The van der Waals surface area contributed by atoms with Crippen LogP contribution in [-0.4, -0.2) is 57.3 Å². The Balaban J connectivity index is 0.000000431. The van der Waals surface area contributed by atoms with Crippen LogP contribution in [-0.2, 0) is 9.59 Å². The molecule has 3 rings (SSSR count). The summed E-state index contributed by atoms with van der Waals surface area (Å²) in [6, 6.07) is 6.65. The molecule has 10 heteroatoms. The van der Waals surface area contributed by atoms with Crippen LogP contribution in [0.15, 0.2) is 36.5 Å². The van der Waals surface area contributed by atoms with Crippen LogP contribution >= 0.6 is 0 Å². The summed E-state index contributed by atoms with van der Waals surface area (Å²) in [5.41, 5.74) is 3.49. The van der Waals surface area contributed by atoms with Crippen LogP contribution in [0.1, 0.15) is 32.3 Å². The Morgan fingerprint density at radius 1 is 1.20 bits per heavy atom. The van der Waals surface area contributed by atoms with Crippen molar-refractivity contribution in [3.05, 3.63) is 42.1 Å². The first-order valence-electron chi connectivity index (χ1n) is 9.28. The molecule has 1 aliphatic heterocycles. The molecule has 2 amide bonds. The van der Waals surface area contributed by atoms with E-state index in [0.717, 1.165) is 17.7 Å². The maximum atomic E-state index is 11.5. The molecule has 164 valence electrons. The van der Waals surface area contributed by atoms with E-state index in [-0.39, 0.29) is 29.5 Å². The zero-order valence-electron chi connectivity index (χ0n) is 17.0. The molecule has 2 heterocycles. The van der Waals surface area contributed by atoms with Crippen molar-refractivity contribution >= 4 is 34.6 Å². The van der Waals surface area contributed by atoms with Gasteiger partial charge in [-0.15, -0.1) is 0 Å². The number of hydrogen-bond acceptors (Lipinski definition) is 4. The molecule has 2 aromatic rings. The summed E-state index contributed by atoms with van der Waals surface area (Å²) < 4.78 is 0. The van der Waals surface area contributed by atoms with Crippen LogP contribution < -0.4 is 16.0 Å². The van der Waals surface area contributed by atoms with E-state index < -0.39 is 11.9 Å². The standard InChI is InChI=1S/C16H22N4O.C4H4O4.H2O/c1-4-17-14-8-18-13-6-5-11(7-12(13)14)9(2)15-10(3)19-16(21)20-15;5-3(6)1-2-4(7)8;/h5-10,15,17-18H,4H2,1-3H3,(H2,19,20,21);1-2H,(H,5,6)(H,7,8);1H2. The van der Waals surface area contributed by atoms with Gasteiger partial charge in [-0.3, -0.25) is 0 Å². The second-order valence-corrected chi connectivity index (χ2v) is 6.77. The molecule has 1 aliphatic rings. The van der Waals surface area contributed by atoms with Crippen molar-refractivity contribution in [3.63, 3.8) is 0 Å². The normalized spacial score (nSPS) is 18.6. The van der Waals surface area contributed by atoms with Crippen molar-refractivity contribution in [1.82, 2.24) is 15.6 Å². The molecule has 1 aromatic heterocycles. The van der Waals surface area contributed by atoms with Gasteiger partial charge in [-0.05, 0) is 31.5 Å². The lowest BCUT2D eigenvalue weighted by Gasteiger charge is -2.22. The lowest BCUT2D eigenvalue weighted by molar-refractivity contribution is -0.134. The Morgan fingerprint density at radius 2 is 1.83 bits per heavy atom. The molecule has 30 heavy (non-hydrogen) atoms. The van der Waals surface area contributed by atoms with E-state index in [4.69, 9.17) is 10.2 Å². The number of rotatable bonds is 6. The van der Waals surface area contributed by atoms with Gasteiger partial charge in [0, 0.05) is 47.8 Å². The average molecular weight is 420 g/mol. The molecule has 0 aliphatic carbocycles. The first kappa shape index (κ1) is 24.5. The number of carbonyl (C=O) groups excluding carboxylic acids is 1. The Labute approximate surface area is 173 Å². The Kier molecular flexibility index (Phi) is 8.87. The predicted octanol–water partition coefficient (Wildman–Crippen LogP) is 1.66. The van der Waals surface area contributed by atoms with Crippen LogP contribution in [0.3, 0.4) is 0 Å². The number of nitrogens with one attached hydrogen (secondary N) is 4. The fraction of sp³-hybridized carbons (Fsp3) is 0.350. The molecule has 0 radical (unpaired) electrons. The molecule has 1 fully saturated rings. The highest BCUT2D eigenvalue weighted by molar-refractivity contribution is 5.93. The molecular weight excluding hydrogens is 392 g/mol. The van der Waals surface area contributed by atoms with Crippen LogP contribution in [0.5, 0.6) is 0 Å². The zero-order valence-corrected chi connectivity index (χ0v) is 17.0. The number of carboxylic acids is 2. The SMILES string of the molecule is CCNc1c[nH]c2ccc(C(C)C3NC(=O)NC3C)cc12.O.O=C(O)C=CC(=O)O. The Bertz CT molecular complexity index is 907. The van der Waals surface area contributed by atoms with E-state index in [0.29, 0.717) is 12.2 Å². The predicted molar refractivity (Wildman–Crippen MR) is 114 cm³/mol. The van der Waals surface area contributed by atoms with E-state index in [1.54, 1.807) is 0 Å². The number of benzene rings is 1. The summed E-state index contributed by atoms with van der Waals surface area (Å²) in [4.78, 5) is 33.9. The van der Waals surface area contributed by atoms with Crippen LogP contribution in [0.2, 0.25) is 0 Å². The number of aliphatic carboxylic acids is 2. The van der Waals surface area contributed by atoms with Gasteiger partial charge in [-0.25, -0.2) is 14.4 Å². The molecule has 0 saturated carbocycles. The summed E-state index contributed by atoms with van der Waals surface area (Å²) in [7, 11) is 0. The van der Waals surface area contributed by atoms with E-state index in [9.17, 15) is 14.4 Å². The quantitative estimate of drug-likeness (QED) is 0.387. The molecule has 0 spiro atoms. The van der Waals surface area contributed by atoms with E-state index >= 15 is 0 Å². The first-order valence-corrected chi connectivity index (χ1v) is 9.28. The summed E-state index contributed by atoms with van der Waals surface area (Å²) >= 11 is 0. The Morgan fingerprint density at radius 3 is 2.33 bits per heavy atom. The number of aromatic amines is 1. The smallest absolute Gasteiger partial charge is 0.328 e. The van der Waals surface area contributed by atoms with Crippen molar-refractivity contribution in [3.8, 4) is 0 Å². The topological polar surface area (TPSA) is 175 Å². The minimum Gasteiger partial charge on any atom is -0.478 e. The number of urea groups is 1. The number of fused-ring (bicyclic) bond motifs is 1. The monoisotopic (exact) mass is 420 g/mol. The summed E-state index contributed by atoms with van der Waals surface area (Å²) in [6.07, 6.45) is 3.12. The highest BCUT2D eigenvalue weighted by Gasteiger charge is 2.33. The molecule has 1 aromatic carbocycles. The van der Waals surface area contributed by atoms with Gasteiger partial charge in [-0.1, -0.05) is 13.0 Å². The number of carbonyl (C=O) groups is 3. The number of carboxylic acid groups (broad SMARTS) is 2. The van der Waals surface area contributed by atoms with Gasteiger partial charge in [-0.2, -0.15) is 0 Å². The third-order valence-electron chi connectivity index (χ3n) is 4.70. The van der Waals surface area contributed by atoms with Crippen molar-refractivity contribution < 1.29 is 30.1 Å². The van der Waals surface area contributed by atoms with E-state index in [2.05, 4.69) is 53.0 Å². The largest absolute Gasteiger partial charge is 0.478 e. The fourth-order valence-corrected chi connectivity index (χ4v) is 3.28. The van der Waals surface area contributed by atoms with Crippen LogP contribution in [0.4, 0.5) is 10.5 Å². The van der Waals surface area contributed by atoms with Gasteiger partial charge in [0.1, 0.15) is 0 Å². The summed E-state index contributed by atoms with van der Waals surface area (Å²) in [6.45, 7) is 7.19. The molecule has 0 bridgehead atoms. The van der Waals surface area contributed by atoms with Gasteiger partial charge in [0.15, 0.2) is 0 Å². The number of H-pyrrole nitrogens is 1. The van der Waals surface area contributed by atoms with Gasteiger partial charge in [0.25, 0.3) is 0 Å². The lowest BCUT2D eigenvalue weighted by Crippen LogP contribution is -2.35. The third-order valence-corrected chi connectivity index (χ3v) is 4.70. The Hall–Kier alpha value is -3.53. The van der Waals surface area contributed by atoms with Crippen molar-refractivity contribution in [2.45, 2.75) is 38.8 Å².